The van der Waals surface area contributed by atoms with E-state index in [1.54, 1.807) is 18.5 Å². The largest absolute Gasteiger partial charge is 0.309 e. The maximum Gasteiger partial charge on any atom is 0.151 e. The summed E-state index contributed by atoms with van der Waals surface area (Å²) in [6.45, 7) is 0. The molecule has 0 aromatic heterocycles. The molecule has 0 unspecified atom stereocenters. The van der Waals surface area contributed by atoms with E-state index in [4.69, 9.17) is 0 Å². The monoisotopic (exact) mass is 110 g/mol. The number of aldehydes is 1. The Kier molecular flexibility index (Phi) is 1.32. The van der Waals surface area contributed by atoms with Crippen molar-refractivity contribution in [3.05, 3.63) is 24.0 Å². The molecule has 1 heterocycles. The molecule has 3 heteroatoms. The highest BCUT2D eigenvalue weighted by Crippen LogP contribution is 1.90. The first-order valence-electron chi connectivity index (χ1n) is 2.26. The van der Waals surface area contributed by atoms with Crippen LogP contribution in [0.3, 0.4) is 0 Å². The lowest BCUT2D eigenvalue weighted by molar-refractivity contribution is -0.104. The van der Waals surface area contributed by atoms with E-state index in [2.05, 4.69) is 10.9 Å². The molecule has 0 aromatic carbocycles. The van der Waals surface area contributed by atoms with Gasteiger partial charge in [-0.15, -0.1) is 0 Å². The van der Waals surface area contributed by atoms with Gasteiger partial charge in [-0.2, -0.15) is 0 Å². The van der Waals surface area contributed by atoms with Crippen molar-refractivity contribution in [3.63, 3.8) is 0 Å². The topological polar surface area (TPSA) is 41.1 Å². The van der Waals surface area contributed by atoms with Crippen LogP contribution in [0.2, 0.25) is 0 Å². The summed E-state index contributed by atoms with van der Waals surface area (Å²) in [4.78, 5) is 9.97. The molecule has 0 bridgehead atoms. The number of hydrazine groups is 1. The van der Waals surface area contributed by atoms with Crippen LogP contribution >= 0.6 is 0 Å². The summed E-state index contributed by atoms with van der Waals surface area (Å²) in [5.41, 5.74) is 5.98. The molecule has 0 atom stereocenters. The van der Waals surface area contributed by atoms with Gasteiger partial charge in [-0.05, 0) is 6.08 Å². The van der Waals surface area contributed by atoms with E-state index in [9.17, 15) is 4.79 Å². The SMILES string of the molecule is O=CC1=CNNC=C1. The van der Waals surface area contributed by atoms with Gasteiger partial charge in [-0.1, -0.05) is 0 Å². The zero-order valence-corrected chi connectivity index (χ0v) is 4.22. The Morgan fingerprint density at radius 3 is 2.75 bits per heavy atom. The predicted molar refractivity (Wildman–Crippen MR) is 29.6 cm³/mol. The summed E-state index contributed by atoms with van der Waals surface area (Å²) in [6.07, 6.45) is 5.71. The molecule has 0 amide bonds. The molecule has 0 saturated heterocycles. The van der Waals surface area contributed by atoms with E-state index in [0.717, 1.165) is 6.29 Å². The fourth-order valence-corrected chi connectivity index (χ4v) is 0.432. The van der Waals surface area contributed by atoms with Gasteiger partial charge in [0, 0.05) is 18.0 Å². The third kappa shape index (κ3) is 0.872. The van der Waals surface area contributed by atoms with Crippen LogP contribution in [0.4, 0.5) is 0 Å². The molecule has 0 aromatic rings. The molecule has 2 N–H and O–H groups in total. The summed E-state index contributed by atoms with van der Waals surface area (Å²) in [6, 6.07) is 0. The van der Waals surface area contributed by atoms with Crippen molar-refractivity contribution in [2.75, 3.05) is 0 Å². The molecular formula is C5H6N2O. The van der Waals surface area contributed by atoms with Gasteiger partial charge in [-0.3, -0.25) is 4.79 Å². The normalized spacial score (nSPS) is 15.8. The van der Waals surface area contributed by atoms with Crippen LogP contribution in [0.5, 0.6) is 0 Å². The Morgan fingerprint density at radius 1 is 1.50 bits per heavy atom. The number of nitrogens with one attached hydrogen (secondary N) is 2. The Bertz CT molecular complexity index is 149. The van der Waals surface area contributed by atoms with E-state index in [1.165, 1.54) is 0 Å². The third-order valence-corrected chi connectivity index (χ3v) is 0.817. The minimum Gasteiger partial charge on any atom is -0.309 e. The first-order valence-corrected chi connectivity index (χ1v) is 2.26. The van der Waals surface area contributed by atoms with Crippen molar-refractivity contribution in [1.29, 1.82) is 0 Å². The van der Waals surface area contributed by atoms with Crippen LogP contribution < -0.4 is 10.9 Å². The lowest BCUT2D eigenvalue weighted by atomic mass is 10.3. The molecular weight excluding hydrogens is 104 g/mol. The molecule has 0 fully saturated rings. The number of hydrogen-bond acceptors (Lipinski definition) is 3. The summed E-state index contributed by atoms with van der Waals surface area (Å²) in [5, 5.41) is 0. The van der Waals surface area contributed by atoms with Crippen LogP contribution in [0.25, 0.3) is 0 Å². The van der Waals surface area contributed by atoms with Gasteiger partial charge in [0.2, 0.25) is 0 Å². The maximum atomic E-state index is 9.97. The molecule has 0 spiro atoms. The van der Waals surface area contributed by atoms with E-state index in [1.807, 2.05) is 0 Å². The van der Waals surface area contributed by atoms with Gasteiger partial charge in [0.05, 0.1) is 0 Å². The van der Waals surface area contributed by atoms with Crippen LogP contribution in [-0.4, -0.2) is 6.29 Å². The number of allylic oxidation sites excluding steroid dienone is 2. The average molecular weight is 110 g/mol. The molecule has 0 radical (unpaired) electrons. The number of hydrogen-bond donors (Lipinski definition) is 2. The van der Waals surface area contributed by atoms with Gasteiger partial charge < -0.3 is 10.9 Å². The van der Waals surface area contributed by atoms with Gasteiger partial charge in [-0.25, -0.2) is 0 Å². The Morgan fingerprint density at radius 2 is 2.38 bits per heavy atom. The lowest BCUT2D eigenvalue weighted by Gasteiger charge is -2.03. The van der Waals surface area contributed by atoms with Crippen molar-refractivity contribution in [1.82, 2.24) is 10.9 Å². The zero-order valence-electron chi connectivity index (χ0n) is 4.22. The summed E-state index contributed by atoms with van der Waals surface area (Å²) in [5.74, 6) is 0. The highest BCUT2D eigenvalue weighted by Gasteiger charge is 1.89. The standard InChI is InChI=1S/C5H6N2O/c8-4-5-1-2-6-7-3-5/h1-4,6-7H. The van der Waals surface area contributed by atoms with E-state index in [0.29, 0.717) is 5.57 Å². The Labute approximate surface area is 47.0 Å². The Hall–Kier alpha value is -1.25. The van der Waals surface area contributed by atoms with Crippen molar-refractivity contribution in [3.8, 4) is 0 Å². The lowest BCUT2D eigenvalue weighted by Crippen LogP contribution is -2.23. The van der Waals surface area contributed by atoms with Gasteiger partial charge in [0.1, 0.15) is 0 Å². The summed E-state index contributed by atoms with van der Waals surface area (Å²) in [7, 11) is 0. The number of rotatable bonds is 1. The quantitative estimate of drug-likeness (QED) is 0.455. The van der Waals surface area contributed by atoms with Crippen LogP contribution in [0.1, 0.15) is 0 Å². The molecule has 1 aliphatic heterocycles. The first-order chi connectivity index (χ1) is 3.93. The minimum atomic E-state index is 0.642. The molecule has 8 heavy (non-hydrogen) atoms. The average Bonchev–Trinajstić information content (AvgIpc) is 1.90. The second kappa shape index (κ2) is 2.16. The van der Waals surface area contributed by atoms with Crippen molar-refractivity contribution >= 4 is 6.29 Å². The number of carbonyl (C=O) groups is 1. The van der Waals surface area contributed by atoms with Crippen LogP contribution in [0, 0.1) is 0 Å². The van der Waals surface area contributed by atoms with Crippen molar-refractivity contribution in [2.45, 2.75) is 0 Å². The first kappa shape index (κ1) is 4.90. The maximum absolute atomic E-state index is 9.97. The second-order valence-corrected chi connectivity index (χ2v) is 1.38. The van der Waals surface area contributed by atoms with E-state index < -0.39 is 0 Å². The molecule has 1 aliphatic rings. The smallest absolute Gasteiger partial charge is 0.151 e. The fourth-order valence-electron chi connectivity index (χ4n) is 0.432. The minimum absolute atomic E-state index is 0.642. The van der Waals surface area contributed by atoms with Crippen molar-refractivity contribution in [2.24, 2.45) is 0 Å². The summed E-state index contributed by atoms with van der Waals surface area (Å²) < 4.78 is 0. The second-order valence-electron chi connectivity index (χ2n) is 1.38. The number of carbonyl (C=O) groups excluding carboxylic acids is 1. The van der Waals surface area contributed by atoms with Gasteiger partial charge in [0.15, 0.2) is 6.29 Å². The molecule has 42 valence electrons. The van der Waals surface area contributed by atoms with Gasteiger partial charge in [0.25, 0.3) is 0 Å². The van der Waals surface area contributed by atoms with Crippen LogP contribution in [-0.2, 0) is 4.79 Å². The molecule has 3 nitrogen and oxygen atoms in total. The van der Waals surface area contributed by atoms with Gasteiger partial charge >= 0.3 is 0 Å². The molecule has 1 rings (SSSR count). The fraction of sp³-hybridized carbons (Fsp3) is 0. The predicted octanol–water partition coefficient (Wildman–Crippen LogP) is -0.309. The molecule has 0 saturated carbocycles. The van der Waals surface area contributed by atoms with Crippen molar-refractivity contribution < 1.29 is 4.79 Å². The Balaban J connectivity index is 2.64. The molecule has 0 aliphatic carbocycles. The third-order valence-electron chi connectivity index (χ3n) is 0.817. The highest BCUT2D eigenvalue weighted by atomic mass is 16.1. The van der Waals surface area contributed by atoms with Crippen LogP contribution in [0.15, 0.2) is 24.0 Å². The highest BCUT2D eigenvalue weighted by molar-refractivity contribution is 5.77. The van der Waals surface area contributed by atoms with E-state index in [-0.39, 0.29) is 0 Å². The summed E-state index contributed by atoms with van der Waals surface area (Å²) >= 11 is 0. The zero-order chi connectivity index (χ0) is 5.82. The van der Waals surface area contributed by atoms with E-state index >= 15 is 0 Å².